The summed E-state index contributed by atoms with van der Waals surface area (Å²) < 4.78 is 17.7. The molecule has 0 spiro atoms. The molecule has 1 aliphatic rings. The molecule has 5 rings (SSSR count). The summed E-state index contributed by atoms with van der Waals surface area (Å²) in [5.41, 5.74) is 1.74. The van der Waals surface area contributed by atoms with E-state index in [1.165, 1.54) is 23.5 Å². The summed E-state index contributed by atoms with van der Waals surface area (Å²) in [5, 5.41) is 13.9. The largest absolute Gasteiger partial charge is 0.315 e. The van der Waals surface area contributed by atoms with Crippen molar-refractivity contribution in [2.45, 2.75) is 18.9 Å². The van der Waals surface area contributed by atoms with Crippen molar-refractivity contribution in [3.8, 4) is 23.6 Å². The molecule has 33 heavy (non-hydrogen) atoms. The Labute approximate surface area is 194 Å². The Balaban J connectivity index is 1.60. The van der Waals surface area contributed by atoms with E-state index in [4.69, 9.17) is 6.42 Å². The standard InChI is InChI=1S/C24H21FN6OS/c1-3-15-14-33-21-8-10-27-23(22(15)21)31(17-5-4-9-26-12-17)24(32)18-7-6-16(11-19(18)25)20-13-30(2)29-28-20/h1,6-8,10-11,13-14,17,26H,4-5,9,12H2,2H3. The van der Waals surface area contributed by atoms with Crippen molar-refractivity contribution in [2.24, 2.45) is 7.05 Å². The van der Waals surface area contributed by atoms with Crippen LogP contribution >= 0.6 is 11.3 Å². The Morgan fingerprint density at radius 2 is 2.27 bits per heavy atom. The van der Waals surface area contributed by atoms with Crippen LogP contribution in [-0.4, -0.2) is 45.0 Å². The summed E-state index contributed by atoms with van der Waals surface area (Å²) in [7, 11) is 1.74. The van der Waals surface area contributed by atoms with Gasteiger partial charge >= 0.3 is 0 Å². The highest BCUT2D eigenvalue weighted by Gasteiger charge is 2.32. The first-order valence-corrected chi connectivity index (χ1v) is 11.5. The van der Waals surface area contributed by atoms with E-state index in [1.807, 2.05) is 11.4 Å². The molecule has 4 aromatic rings. The molecule has 1 fully saturated rings. The SMILES string of the molecule is C#Cc1csc2ccnc(N(C(=O)c3ccc(-c4cn(C)nn4)cc3F)C3CCCNC3)c12. The molecule has 166 valence electrons. The number of pyridine rings is 1. The smallest absolute Gasteiger partial charge is 0.262 e. The van der Waals surface area contributed by atoms with Crippen LogP contribution in [0.1, 0.15) is 28.8 Å². The maximum atomic E-state index is 15.3. The lowest BCUT2D eigenvalue weighted by molar-refractivity contribution is 0.0968. The van der Waals surface area contributed by atoms with E-state index in [1.54, 1.807) is 35.1 Å². The fraction of sp³-hybridized carbons (Fsp3) is 0.250. The zero-order valence-corrected chi connectivity index (χ0v) is 18.8. The fourth-order valence-corrected chi connectivity index (χ4v) is 5.09. The molecule has 1 aromatic carbocycles. The Bertz CT molecular complexity index is 1380. The molecule has 0 aliphatic carbocycles. The molecule has 9 heteroatoms. The summed E-state index contributed by atoms with van der Waals surface area (Å²) in [6.45, 7) is 1.48. The van der Waals surface area contributed by atoms with Crippen LogP contribution < -0.4 is 10.2 Å². The number of carbonyl (C=O) groups excluding carboxylic acids is 1. The summed E-state index contributed by atoms with van der Waals surface area (Å²) in [4.78, 5) is 20.0. The quantitative estimate of drug-likeness (QED) is 0.471. The first kappa shape index (κ1) is 21.2. The minimum atomic E-state index is -0.619. The van der Waals surface area contributed by atoms with Gasteiger partial charge in [0.2, 0.25) is 0 Å². The maximum absolute atomic E-state index is 15.3. The number of terminal acetylenes is 1. The van der Waals surface area contributed by atoms with E-state index in [2.05, 4.69) is 26.5 Å². The molecule has 7 nitrogen and oxygen atoms in total. The third-order valence-corrected chi connectivity index (χ3v) is 6.75. The number of benzene rings is 1. The molecule has 1 unspecified atom stereocenters. The average molecular weight is 461 g/mol. The fourth-order valence-electron chi connectivity index (χ4n) is 4.20. The van der Waals surface area contributed by atoms with Gasteiger partial charge in [0.05, 0.1) is 23.2 Å². The highest BCUT2D eigenvalue weighted by atomic mass is 32.1. The number of carbonyl (C=O) groups is 1. The zero-order chi connectivity index (χ0) is 22.9. The van der Waals surface area contributed by atoms with Crippen LogP contribution in [0.25, 0.3) is 21.3 Å². The monoisotopic (exact) mass is 460 g/mol. The lowest BCUT2D eigenvalue weighted by Gasteiger charge is -2.34. The van der Waals surface area contributed by atoms with Crippen LogP contribution in [0.2, 0.25) is 0 Å². The van der Waals surface area contributed by atoms with Crippen molar-refractivity contribution in [3.05, 3.63) is 59.0 Å². The van der Waals surface area contributed by atoms with Gasteiger partial charge in [-0.05, 0) is 37.6 Å². The highest BCUT2D eigenvalue weighted by Crippen LogP contribution is 2.35. The van der Waals surface area contributed by atoms with Crippen LogP contribution in [0.3, 0.4) is 0 Å². The molecule has 0 saturated carbocycles. The molecule has 1 saturated heterocycles. The number of hydrogen-bond acceptors (Lipinski definition) is 6. The second-order valence-corrected chi connectivity index (χ2v) is 8.86. The Morgan fingerprint density at radius 1 is 1.39 bits per heavy atom. The number of aryl methyl sites for hydroxylation is 1. The summed E-state index contributed by atoms with van der Waals surface area (Å²) in [5.74, 6) is 2.10. The number of aromatic nitrogens is 4. The second kappa shape index (κ2) is 8.73. The Morgan fingerprint density at radius 3 is 2.97 bits per heavy atom. The maximum Gasteiger partial charge on any atom is 0.262 e. The average Bonchev–Trinajstić information content (AvgIpc) is 3.46. The van der Waals surface area contributed by atoms with E-state index in [-0.39, 0.29) is 11.6 Å². The second-order valence-electron chi connectivity index (χ2n) is 7.95. The lowest BCUT2D eigenvalue weighted by atomic mass is 10.0. The number of rotatable bonds is 4. The van der Waals surface area contributed by atoms with Crippen LogP contribution in [0, 0.1) is 18.2 Å². The summed E-state index contributed by atoms with van der Waals surface area (Å²) >= 11 is 1.50. The van der Waals surface area contributed by atoms with E-state index >= 15 is 4.39 Å². The van der Waals surface area contributed by atoms with Gasteiger partial charge in [0.15, 0.2) is 0 Å². The third-order valence-electron chi connectivity index (χ3n) is 5.80. The van der Waals surface area contributed by atoms with Crippen molar-refractivity contribution >= 4 is 33.1 Å². The van der Waals surface area contributed by atoms with Crippen LogP contribution in [-0.2, 0) is 7.05 Å². The molecule has 1 atom stereocenters. The lowest BCUT2D eigenvalue weighted by Crippen LogP contribution is -2.49. The Hall–Kier alpha value is -3.61. The molecule has 1 N–H and O–H groups in total. The number of thiophene rings is 1. The molecular weight excluding hydrogens is 439 g/mol. The van der Waals surface area contributed by atoms with Crippen LogP contribution in [0.15, 0.2) is 42.0 Å². The number of fused-ring (bicyclic) bond motifs is 1. The molecule has 0 bridgehead atoms. The number of hydrogen-bond donors (Lipinski definition) is 1. The molecular formula is C24H21FN6OS. The van der Waals surface area contributed by atoms with Gasteiger partial charge in [0.25, 0.3) is 5.91 Å². The number of piperidine rings is 1. The molecule has 0 radical (unpaired) electrons. The van der Waals surface area contributed by atoms with Crippen molar-refractivity contribution in [1.82, 2.24) is 25.3 Å². The number of anilines is 1. The topological polar surface area (TPSA) is 75.9 Å². The minimum Gasteiger partial charge on any atom is -0.315 e. The van der Waals surface area contributed by atoms with Crippen LogP contribution in [0.5, 0.6) is 0 Å². The van der Waals surface area contributed by atoms with Crippen molar-refractivity contribution in [3.63, 3.8) is 0 Å². The van der Waals surface area contributed by atoms with E-state index in [0.29, 0.717) is 29.2 Å². The van der Waals surface area contributed by atoms with Gasteiger partial charge < -0.3 is 5.32 Å². The molecule has 1 amide bonds. The minimum absolute atomic E-state index is 0.0236. The highest BCUT2D eigenvalue weighted by molar-refractivity contribution is 7.17. The summed E-state index contributed by atoms with van der Waals surface area (Å²) in [6, 6.07) is 6.21. The van der Waals surface area contributed by atoms with E-state index < -0.39 is 11.7 Å². The van der Waals surface area contributed by atoms with Crippen molar-refractivity contribution < 1.29 is 9.18 Å². The predicted octanol–water partition coefficient (Wildman–Crippen LogP) is 3.61. The van der Waals surface area contributed by atoms with Gasteiger partial charge in [-0.3, -0.25) is 14.4 Å². The number of nitrogens with one attached hydrogen (secondary N) is 1. The predicted molar refractivity (Wildman–Crippen MR) is 127 cm³/mol. The molecule has 1 aliphatic heterocycles. The normalized spacial score (nSPS) is 16.0. The third kappa shape index (κ3) is 3.88. The van der Waals surface area contributed by atoms with Gasteiger partial charge in [0, 0.05) is 41.0 Å². The number of amides is 1. The molecule has 3 aromatic heterocycles. The van der Waals surface area contributed by atoms with Crippen molar-refractivity contribution in [2.75, 3.05) is 18.0 Å². The van der Waals surface area contributed by atoms with Gasteiger partial charge in [-0.1, -0.05) is 17.2 Å². The zero-order valence-electron chi connectivity index (χ0n) is 18.0. The first-order chi connectivity index (χ1) is 16.1. The Kier molecular flexibility index (Phi) is 5.62. The van der Waals surface area contributed by atoms with Crippen molar-refractivity contribution in [1.29, 1.82) is 0 Å². The van der Waals surface area contributed by atoms with Gasteiger partial charge in [0.1, 0.15) is 17.3 Å². The van der Waals surface area contributed by atoms with Crippen LogP contribution in [0.4, 0.5) is 10.2 Å². The van der Waals surface area contributed by atoms with E-state index in [9.17, 15) is 4.79 Å². The summed E-state index contributed by atoms with van der Waals surface area (Å²) in [6.07, 6.45) is 10.8. The number of halogens is 1. The van der Waals surface area contributed by atoms with E-state index in [0.717, 1.165) is 29.5 Å². The molecule has 4 heterocycles. The van der Waals surface area contributed by atoms with Gasteiger partial charge in [-0.2, -0.15) is 0 Å². The van der Waals surface area contributed by atoms with Gasteiger partial charge in [-0.15, -0.1) is 22.9 Å². The first-order valence-electron chi connectivity index (χ1n) is 10.6. The number of nitrogens with zero attached hydrogens (tertiary/aromatic N) is 5. The van der Waals surface area contributed by atoms with Gasteiger partial charge in [-0.25, -0.2) is 9.37 Å².